The molecule has 4 aromatic rings. The smallest absolute Gasteiger partial charge is 0.236 e. The highest BCUT2D eigenvalue weighted by Crippen LogP contribution is 2.37. The topological polar surface area (TPSA) is 43.9 Å². The molecule has 3 heterocycles. The summed E-state index contributed by atoms with van der Waals surface area (Å²) in [5, 5.41) is 2.17. The van der Waals surface area contributed by atoms with Gasteiger partial charge in [-0.3, -0.25) is 14.5 Å². The van der Waals surface area contributed by atoms with Gasteiger partial charge in [-0.15, -0.1) is 11.3 Å². The number of carbonyl (C=O) groups excluding carboxylic acids is 2. The third kappa shape index (κ3) is 5.40. The van der Waals surface area contributed by atoms with Crippen LogP contribution in [0.1, 0.15) is 39.1 Å². The second-order valence-corrected chi connectivity index (χ2v) is 11.3. The molecule has 0 bridgehead atoms. The lowest BCUT2D eigenvalue weighted by Gasteiger charge is -2.40. The fourth-order valence-electron chi connectivity index (χ4n) is 5.97. The van der Waals surface area contributed by atoms with Crippen LogP contribution in [0.3, 0.4) is 0 Å². The normalized spacial score (nSPS) is 17.7. The number of rotatable bonds is 6. The molecule has 2 amide bonds. The molecule has 198 valence electrons. The summed E-state index contributed by atoms with van der Waals surface area (Å²) in [7, 11) is 0. The van der Waals surface area contributed by atoms with Crippen molar-refractivity contribution in [3.8, 4) is 0 Å². The molecule has 1 unspecified atom stereocenters. The van der Waals surface area contributed by atoms with Crippen molar-refractivity contribution in [1.82, 2.24) is 14.7 Å². The summed E-state index contributed by atoms with van der Waals surface area (Å²) in [5.74, 6) is -0.0940. The van der Waals surface area contributed by atoms with E-state index < -0.39 is 0 Å². The Hall–Kier alpha value is -3.74. The molecule has 0 spiro atoms. The van der Waals surface area contributed by atoms with Crippen LogP contribution in [0.2, 0.25) is 0 Å². The van der Waals surface area contributed by atoms with Gasteiger partial charge in [0.25, 0.3) is 0 Å². The number of thiophene rings is 1. The highest BCUT2D eigenvalue weighted by molar-refractivity contribution is 7.10. The van der Waals surface area contributed by atoms with E-state index in [1.807, 2.05) is 87.9 Å². The molecule has 1 saturated heterocycles. The van der Waals surface area contributed by atoms with E-state index in [0.717, 1.165) is 24.1 Å². The Balaban J connectivity index is 1.13. The molecule has 1 fully saturated rings. The number of hydrogen-bond acceptors (Lipinski definition) is 4. The zero-order valence-electron chi connectivity index (χ0n) is 22.0. The molecule has 3 aromatic carbocycles. The summed E-state index contributed by atoms with van der Waals surface area (Å²) in [6.07, 6.45) is 0.978. The Morgan fingerprint density at radius 2 is 1.28 bits per heavy atom. The van der Waals surface area contributed by atoms with Crippen molar-refractivity contribution >= 4 is 23.2 Å². The first-order valence-electron chi connectivity index (χ1n) is 13.7. The summed E-state index contributed by atoms with van der Waals surface area (Å²) >= 11 is 1.82. The van der Waals surface area contributed by atoms with E-state index >= 15 is 0 Å². The Morgan fingerprint density at radius 3 is 1.90 bits per heavy atom. The average molecular weight is 536 g/mol. The van der Waals surface area contributed by atoms with Crippen LogP contribution in [-0.2, 0) is 16.0 Å². The molecule has 2 aliphatic rings. The SMILES string of the molecule is O=C(CN1CCc2sccc2C1c1ccccc1)N1CCN(C(=O)C(c2ccccc2)c2ccccc2)CC1. The summed E-state index contributed by atoms with van der Waals surface area (Å²) < 4.78 is 0. The lowest BCUT2D eigenvalue weighted by atomic mass is 9.90. The molecule has 1 aromatic heterocycles. The summed E-state index contributed by atoms with van der Waals surface area (Å²) in [4.78, 5) is 34.9. The van der Waals surface area contributed by atoms with Crippen LogP contribution in [0.25, 0.3) is 0 Å². The fraction of sp³-hybridized carbons (Fsp3) is 0.273. The van der Waals surface area contributed by atoms with Crippen molar-refractivity contribution in [1.29, 1.82) is 0 Å². The first-order valence-corrected chi connectivity index (χ1v) is 14.6. The van der Waals surface area contributed by atoms with Crippen LogP contribution in [0.4, 0.5) is 0 Å². The Kier molecular flexibility index (Phi) is 7.57. The van der Waals surface area contributed by atoms with Crippen LogP contribution < -0.4 is 0 Å². The molecule has 0 aliphatic carbocycles. The predicted octanol–water partition coefficient (Wildman–Crippen LogP) is 5.20. The standard InChI is InChI=1S/C33H33N3O2S/c37-30(24-36-18-16-29-28(17-23-39-29)32(36)27-14-8-3-9-15-27)34-19-21-35(22-20-34)33(38)31(25-10-4-1-5-11-25)26-12-6-2-7-13-26/h1-15,17,23,31-32H,16,18-22,24H2. The first-order chi connectivity index (χ1) is 19.2. The second kappa shape index (κ2) is 11.6. The molecule has 2 aliphatic heterocycles. The largest absolute Gasteiger partial charge is 0.338 e. The highest BCUT2D eigenvalue weighted by atomic mass is 32.1. The average Bonchev–Trinajstić information content (AvgIpc) is 3.48. The van der Waals surface area contributed by atoms with Crippen molar-refractivity contribution in [2.24, 2.45) is 0 Å². The Morgan fingerprint density at radius 1 is 0.718 bits per heavy atom. The van der Waals surface area contributed by atoms with Crippen LogP contribution in [0, 0.1) is 0 Å². The van der Waals surface area contributed by atoms with Crippen molar-refractivity contribution in [3.63, 3.8) is 0 Å². The molecule has 5 nitrogen and oxygen atoms in total. The minimum absolute atomic E-state index is 0.102. The van der Waals surface area contributed by atoms with E-state index in [9.17, 15) is 9.59 Å². The van der Waals surface area contributed by atoms with Gasteiger partial charge < -0.3 is 9.80 Å². The zero-order chi connectivity index (χ0) is 26.6. The van der Waals surface area contributed by atoms with Crippen LogP contribution in [0.15, 0.2) is 102 Å². The monoisotopic (exact) mass is 535 g/mol. The van der Waals surface area contributed by atoms with E-state index in [-0.39, 0.29) is 23.8 Å². The minimum Gasteiger partial charge on any atom is -0.338 e. The number of fused-ring (bicyclic) bond motifs is 1. The summed E-state index contributed by atoms with van der Waals surface area (Å²) in [6, 6.07) is 32.8. The lowest BCUT2D eigenvalue weighted by Crippen LogP contribution is -2.54. The molecular weight excluding hydrogens is 502 g/mol. The van der Waals surface area contributed by atoms with Gasteiger partial charge in [0.15, 0.2) is 0 Å². The Labute approximate surface area is 234 Å². The van der Waals surface area contributed by atoms with Crippen LogP contribution >= 0.6 is 11.3 Å². The quantitative estimate of drug-likeness (QED) is 0.341. The van der Waals surface area contributed by atoms with Gasteiger partial charge in [-0.2, -0.15) is 0 Å². The molecule has 39 heavy (non-hydrogen) atoms. The minimum atomic E-state index is -0.338. The Bertz CT molecular complexity index is 1360. The van der Waals surface area contributed by atoms with E-state index in [0.29, 0.717) is 32.7 Å². The number of carbonyl (C=O) groups is 2. The van der Waals surface area contributed by atoms with Crippen molar-refractivity contribution in [3.05, 3.63) is 130 Å². The first kappa shape index (κ1) is 25.5. The summed E-state index contributed by atoms with van der Waals surface area (Å²) in [6.45, 7) is 3.49. The van der Waals surface area contributed by atoms with Crippen molar-refractivity contribution in [2.45, 2.75) is 18.4 Å². The van der Waals surface area contributed by atoms with Gasteiger partial charge in [0.05, 0.1) is 18.5 Å². The fourth-order valence-corrected chi connectivity index (χ4v) is 6.87. The molecule has 0 radical (unpaired) electrons. The van der Waals surface area contributed by atoms with Gasteiger partial charge in [0.2, 0.25) is 11.8 Å². The molecule has 1 atom stereocenters. The van der Waals surface area contributed by atoms with Gasteiger partial charge in [0, 0.05) is 37.6 Å². The maximum absolute atomic E-state index is 13.8. The molecule has 6 heteroatoms. The molecular formula is C33H33N3O2S. The van der Waals surface area contributed by atoms with E-state index in [4.69, 9.17) is 0 Å². The molecule has 0 N–H and O–H groups in total. The number of benzene rings is 3. The lowest BCUT2D eigenvalue weighted by molar-refractivity contribution is -0.140. The van der Waals surface area contributed by atoms with Gasteiger partial charge >= 0.3 is 0 Å². The number of piperazine rings is 1. The van der Waals surface area contributed by atoms with Crippen molar-refractivity contribution in [2.75, 3.05) is 39.3 Å². The summed E-state index contributed by atoms with van der Waals surface area (Å²) in [5.41, 5.74) is 4.55. The third-order valence-corrected chi connectivity index (χ3v) is 8.97. The maximum atomic E-state index is 13.8. The number of amides is 2. The van der Waals surface area contributed by atoms with E-state index in [1.54, 1.807) is 0 Å². The number of hydrogen-bond donors (Lipinski definition) is 0. The van der Waals surface area contributed by atoms with Crippen LogP contribution in [-0.4, -0.2) is 65.8 Å². The highest BCUT2D eigenvalue weighted by Gasteiger charge is 2.34. The van der Waals surface area contributed by atoms with Gasteiger partial charge in [-0.05, 0) is 40.1 Å². The predicted molar refractivity (Wildman–Crippen MR) is 156 cm³/mol. The number of nitrogens with zero attached hydrogens (tertiary/aromatic N) is 3. The zero-order valence-corrected chi connectivity index (χ0v) is 22.8. The van der Waals surface area contributed by atoms with Crippen molar-refractivity contribution < 1.29 is 9.59 Å². The third-order valence-electron chi connectivity index (χ3n) is 7.98. The van der Waals surface area contributed by atoms with Gasteiger partial charge in [-0.25, -0.2) is 0 Å². The van der Waals surface area contributed by atoms with Crippen LogP contribution in [0.5, 0.6) is 0 Å². The van der Waals surface area contributed by atoms with E-state index in [2.05, 4.69) is 40.6 Å². The van der Waals surface area contributed by atoms with Gasteiger partial charge in [0.1, 0.15) is 0 Å². The van der Waals surface area contributed by atoms with E-state index in [1.165, 1.54) is 16.0 Å². The second-order valence-electron chi connectivity index (χ2n) is 10.3. The van der Waals surface area contributed by atoms with Gasteiger partial charge in [-0.1, -0.05) is 91.0 Å². The molecule has 0 saturated carbocycles. The maximum Gasteiger partial charge on any atom is 0.236 e. The molecule has 6 rings (SSSR count).